The molecule has 0 radical (unpaired) electrons. The quantitative estimate of drug-likeness (QED) is 0.721. The van der Waals surface area contributed by atoms with Crippen LogP contribution in [0.15, 0.2) is 29.3 Å². The van der Waals surface area contributed by atoms with Crippen LogP contribution in [0.1, 0.15) is 67.3 Å². The molecule has 5 rings (SSSR count). The summed E-state index contributed by atoms with van der Waals surface area (Å²) in [4.78, 5) is 17.0. The SMILES string of the molecule is Cn1c(=O)n(C)c2cc(Cn3cnc(C4CC4)c3C3CCCC3)ccc21. The first-order chi connectivity index (χ1) is 12.6. The summed E-state index contributed by atoms with van der Waals surface area (Å²) in [7, 11) is 3.68. The van der Waals surface area contributed by atoms with E-state index in [2.05, 4.69) is 29.1 Å². The van der Waals surface area contributed by atoms with E-state index in [-0.39, 0.29) is 5.69 Å². The summed E-state index contributed by atoms with van der Waals surface area (Å²) >= 11 is 0. The second-order valence-electron chi connectivity index (χ2n) is 8.12. The molecule has 0 aliphatic heterocycles. The summed E-state index contributed by atoms with van der Waals surface area (Å²) in [6, 6.07) is 6.38. The highest BCUT2D eigenvalue weighted by molar-refractivity contribution is 5.76. The van der Waals surface area contributed by atoms with Crippen LogP contribution < -0.4 is 5.69 Å². The van der Waals surface area contributed by atoms with E-state index in [0.29, 0.717) is 11.8 Å². The molecule has 3 aromatic rings. The van der Waals surface area contributed by atoms with Gasteiger partial charge in [0.2, 0.25) is 0 Å². The Morgan fingerprint density at radius 3 is 2.46 bits per heavy atom. The van der Waals surface area contributed by atoms with Crippen LogP contribution in [0.5, 0.6) is 0 Å². The lowest BCUT2D eigenvalue weighted by molar-refractivity contribution is 0.624. The largest absolute Gasteiger partial charge is 0.330 e. The number of nitrogens with zero attached hydrogens (tertiary/aromatic N) is 4. The lowest BCUT2D eigenvalue weighted by Crippen LogP contribution is -2.19. The van der Waals surface area contributed by atoms with Crippen LogP contribution in [-0.4, -0.2) is 18.7 Å². The fourth-order valence-electron chi connectivity index (χ4n) is 4.69. The molecule has 136 valence electrons. The summed E-state index contributed by atoms with van der Waals surface area (Å²) in [6.45, 7) is 0.838. The Morgan fingerprint density at radius 2 is 1.73 bits per heavy atom. The van der Waals surface area contributed by atoms with Gasteiger partial charge in [0.05, 0.1) is 23.1 Å². The first kappa shape index (κ1) is 15.9. The number of benzene rings is 1. The van der Waals surface area contributed by atoms with Crippen molar-refractivity contribution < 1.29 is 0 Å². The smallest absolute Gasteiger partial charge is 0.328 e. The minimum absolute atomic E-state index is 0.0300. The van der Waals surface area contributed by atoms with Crippen molar-refractivity contribution in [2.75, 3.05) is 0 Å². The number of rotatable bonds is 4. The van der Waals surface area contributed by atoms with Gasteiger partial charge in [0, 0.05) is 38.2 Å². The van der Waals surface area contributed by atoms with E-state index in [1.54, 1.807) is 9.13 Å². The van der Waals surface area contributed by atoms with Crippen LogP contribution in [0.25, 0.3) is 11.0 Å². The van der Waals surface area contributed by atoms with Crippen molar-refractivity contribution in [2.45, 2.75) is 56.9 Å². The Kier molecular flexibility index (Phi) is 3.59. The maximum atomic E-state index is 12.2. The van der Waals surface area contributed by atoms with Crippen LogP contribution in [0, 0.1) is 0 Å². The highest BCUT2D eigenvalue weighted by atomic mass is 16.1. The molecule has 0 saturated heterocycles. The van der Waals surface area contributed by atoms with Crippen LogP contribution >= 0.6 is 0 Å². The van der Waals surface area contributed by atoms with Crippen molar-refractivity contribution in [2.24, 2.45) is 14.1 Å². The van der Waals surface area contributed by atoms with E-state index in [1.807, 2.05) is 14.1 Å². The van der Waals surface area contributed by atoms with Gasteiger partial charge >= 0.3 is 5.69 Å². The molecule has 0 unspecified atom stereocenters. The van der Waals surface area contributed by atoms with Crippen LogP contribution in [0.4, 0.5) is 0 Å². The van der Waals surface area contributed by atoms with Gasteiger partial charge in [0.1, 0.15) is 0 Å². The lowest BCUT2D eigenvalue weighted by atomic mass is 9.99. The van der Waals surface area contributed by atoms with E-state index in [1.165, 1.54) is 55.5 Å². The zero-order chi connectivity index (χ0) is 17.8. The predicted molar refractivity (Wildman–Crippen MR) is 103 cm³/mol. The maximum Gasteiger partial charge on any atom is 0.328 e. The van der Waals surface area contributed by atoms with Crippen LogP contribution in [0.2, 0.25) is 0 Å². The second kappa shape index (κ2) is 5.86. The Hall–Kier alpha value is -2.30. The van der Waals surface area contributed by atoms with Gasteiger partial charge in [-0.25, -0.2) is 9.78 Å². The summed E-state index contributed by atoms with van der Waals surface area (Å²) in [5.74, 6) is 1.38. The fourth-order valence-corrected chi connectivity index (χ4v) is 4.69. The van der Waals surface area contributed by atoms with Gasteiger partial charge in [-0.3, -0.25) is 9.13 Å². The molecule has 5 nitrogen and oxygen atoms in total. The first-order valence-electron chi connectivity index (χ1n) is 9.82. The van der Waals surface area contributed by atoms with Gasteiger partial charge in [-0.2, -0.15) is 0 Å². The van der Waals surface area contributed by atoms with E-state index >= 15 is 0 Å². The molecule has 2 aliphatic carbocycles. The normalized spacial score (nSPS) is 18.2. The number of aromatic nitrogens is 4. The summed E-state index contributed by atoms with van der Waals surface area (Å²) in [6.07, 6.45) is 9.95. The summed E-state index contributed by atoms with van der Waals surface area (Å²) < 4.78 is 5.83. The average molecular weight is 350 g/mol. The Bertz CT molecular complexity index is 1030. The monoisotopic (exact) mass is 350 g/mol. The Morgan fingerprint density at radius 1 is 1.00 bits per heavy atom. The van der Waals surface area contributed by atoms with E-state index in [4.69, 9.17) is 4.98 Å². The van der Waals surface area contributed by atoms with Gasteiger partial charge in [0.25, 0.3) is 0 Å². The Balaban J connectivity index is 1.54. The third-order valence-electron chi connectivity index (χ3n) is 6.30. The van der Waals surface area contributed by atoms with Gasteiger partial charge in [0.15, 0.2) is 0 Å². The molecule has 0 N–H and O–H groups in total. The maximum absolute atomic E-state index is 12.2. The molecule has 2 fully saturated rings. The Labute approximate surface area is 153 Å². The van der Waals surface area contributed by atoms with Crippen molar-refractivity contribution in [3.63, 3.8) is 0 Å². The lowest BCUT2D eigenvalue weighted by Gasteiger charge is -2.16. The average Bonchev–Trinajstić information content (AvgIpc) is 3.11. The predicted octanol–water partition coefficient (Wildman–Crippen LogP) is 3.66. The van der Waals surface area contributed by atoms with Gasteiger partial charge in [-0.15, -0.1) is 0 Å². The zero-order valence-corrected chi connectivity index (χ0v) is 15.6. The van der Waals surface area contributed by atoms with Crippen LogP contribution in [-0.2, 0) is 20.6 Å². The summed E-state index contributed by atoms with van der Waals surface area (Å²) in [5.41, 5.74) is 6.11. The molecule has 2 aliphatic rings. The van der Waals surface area contributed by atoms with E-state index < -0.39 is 0 Å². The summed E-state index contributed by atoms with van der Waals surface area (Å²) in [5, 5.41) is 0. The topological polar surface area (TPSA) is 44.8 Å². The molecular weight excluding hydrogens is 324 g/mol. The highest BCUT2D eigenvalue weighted by Gasteiger charge is 2.33. The van der Waals surface area contributed by atoms with E-state index in [0.717, 1.165) is 17.6 Å². The number of fused-ring (bicyclic) bond motifs is 1. The molecule has 0 amide bonds. The number of hydrogen-bond donors (Lipinski definition) is 0. The highest BCUT2D eigenvalue weighted by Crippen LogP contribution is 2.45. The molecule has 0 atom stereocenters. The van der Waals surface area contributed by atoms with Crippen molar-refractivity contribution in [1.82, 2.24) is 18.7 Å². The van der Waals surface area contributed by atoms with E-state index in [9.17, 15) is 4.79 Å². The van der Waals surface area contributed by atoms with Crippen molar-refractivity contribution in [3.8, 4) is 0 Å². The standard InChI is InChI=1S/C21H26N4O/c1-23-17-10-7-14(11-18(17)24(2)21(23)26)12-25-13-22-19(15-8-9-15)20(25)16-5-3-4-6-16/h7,10-11,13,15-16H,3-6,8-9,12H2,1-2H3. The van der Waals surface area contributed by atoms with Crippen molar-refractivity contribution >= 4 is 11.0 Å². The number of hydrogen-bond acceptors (Lipinski definition) is 2. The number of aryl methyl sites for hydroxylation is 2. The molecule has 2 aromatic heterocycles. The minimum Gasteiger partial charge on any atom is -0.330 e. The fraction of sp³-hybridized carbons (Fsp3) is 0.524. The van der Waals surface area contributed by atoms with Crippen LogP contribution in [0.3, 0.4) is 0 Å². The molecule has 26 heavy (non-hydrogen) atoms. The molecule has 0 spiro atoms. The van der Waals surface area contributed by atoms with Crippen molar-refractivity contribution in [3.05, 3.63) is 52.0 Å². The third kappa shape index (κ3) is 2.44. The van der Waals surface area contributed by atoms with Gasteiger partial charge in [-0.1, -0.05) is 18.9 Å². The zero-order valence-electron chi connectivity index (χ0n) is 15.6. The first-order valence-corrected chi connectivity index (χ1v) is 9.82. The number of imidazole rings is 2. The molecule has 2 saturated carbocycles. The minimum atomic E-state index is 0.0300. The molecule has 5 heteroatoms. The van der Waals surface area contributed by atoms with Crippen molar-refractivity contribution in [1.29, 1.82) is 0 Å². The molecular formula is C21H26N4O. The molecule has 1 aromatic carbocycles. The third-order valence-corrected chi connectivity index (χ3v) is 6.30. The van der Waals surface area contributed by atoms with Gasteiger partial charge < -0.3 is 4.57 Å². The molecule has 0 bridgehead atoms. The van der Waals surface area contributed by atoms with Gasteiger partial charge in [-0.05, 0) is 43.4 Å². The molecule has 2 heterocycles. The second-order valence-corrected chi connectivity index (χ2v) is 8.12.